The Morgan fingerprint density at radius 1 is 1.17 bits per heavy atom. The molecule has 1 heterocycles. The molecule has 0 bridgehead atoms. The van der Waals surface area contributed by atoms with Gasteiger partial charge >= 0.3 is 0 Å². The van der Waals surface area contributed by atoms with Crippen molar-refractivity contribution in [3.05, 3.63) is 29.8 Å². The largest absolute Gasteiger partial charge is 0.490 e. The zero-order chi connectivity index (χ0) is 12.4. The molecule has 0 unspecified atom stereocenters. The third-order valence-electron chi connectivity index (χ3n) is 4.13. The fourth-order valence-corrected chi connectivity index (χ4v) is 3.84. The van der Waals surface area contributed by atoms with Gasteiger partial charge in [0.25, 0.3) is 0 Å². The van der Waals surface area contributed by atoms with Gasteiger partial charge in [-0.3, -0.25) is 0 Å². The molecular weight excluding hydrogens is 242 g/mol. The van der Waals surface area contributed by atoms with E-state index >= 15 is 0 Å². The van der Waals surface area contributed by atoms with Crippen LogP contribution in [0.1, 0.15) is 37.7 Å². The molecule has 0 atom stereocenters. The zero-order valence-corrected chi connectivity index (χ0v) is 11.5. The van der Waals surface area contributed by atoms with Gasteiger partial charge in [0.2, 0.25) is 0 Å². The van der Waals surface area contributed by atoms with E-state index in [1.54, 1.807) is 0 Å². The number of benzene rings is 1. The number of rotatable bonds is 3. The van der Waals surface area contributed by atoms with Gasteiger partial charge in [0, 0.05) is 11.1 Å². The summed E-state index contributed by atoms with van der Waals surface area (Å²) in [5, 5.41) is 0. The lowest BCUT2D eigenvalue weighted by atomic mass is 9.72. The van der Waals surface area contributed by atoms with Crippen LogP contribution in [0.25, 0.3) is 0 Å². The van der Waals surface area contributed by atoms with Crippen LogP contribution in [0, 0.1) is 0 Å². The van der Waals surface area contributed by atoms with E-state index in [0.29, 0.717) is 6.10 Å². The predicted molar refractivity (Wildman–Crippen MR) is 77.1 cm³/mol. The van der Waals surface area contributed by atoms with Crippen molar-refractivity contribution < 1.29 is 4.74 Å². The highest BCUT2D eigenvalue weighted by atomic mass is 32.2. The second-order valence-electron chi connectivity index (χ2n) is 5.44. The van der Waals surface area contributed by atoms with Crippen LogP contribution < -0.4 is 10.5 Å². The summed E-state index contributed by atoms with van der Waals surface area (Å²) < 4.78 is 6.22. The Hall–Kier alpha value is -0.670. The summed E-state index contributed by atoms with van der Waals surface area (Å²) in [7, 11) is 0. The molecule has 0 radical (unpaired) electrons. The van der Waals surface area contributed by atoms with Gasteiger partial charge in [-0.2, -0.15) is 11.8 Å². The standard InChI is InChI=1S/C15H21NOS/c16-15(8-3-9-15)13-4-1-2-5-14(13)17-12-6-10-18-11-7-12/h1-2,4-5,12H,3,6-11,16H2. The van der Waals surface area contributed by atoms with Gasteiger partial charge in [-0.05, 0) is 49.7 Å². The maximum Gasteiger partial charge on any atom is 0.124 e. The first kappa shape index (κ1) is 12.4. The van der Waals surface area contributed by atoms with E-state index in [-0.39, 0.29) is 5.54 Å². The minimum atomic E-state index is -0.125. The summed E-state index contributed by atoms with van der Waals surface area (Å²) in [5.41, 5.74) is 7.54. The van der Waals surface area contributed by atoms with Gasteiger partial charge in [-0.25, -0.2) is 0 Å². The second-order valence-corrected chi connectivity index (χ2v) is 6.66. The van der Waals surface area contributed by atoms with Crippen LogP contribution in [0.5, 0.6) is 5.75 Å². The highest BCUT2D eigenvalue weighted by Crippen LogP contribution is 2.43. The van der Waals surface area contributed by atoms with Crippen LogP contribution in [-0.2, 0) is 5.54 Å². The number of hydrogen-bond donors (Lipinski definition) is 1. The quantitative estimate of drug-likeness (QED) is 0.909. The van der Waals surface area contributed by atoms with Crippen molar-refractivity contribution in [3.8, 4) is 5.75 Å². The summed E-state index contributed by atoms with van der Waals surface area (Å²) in [6.45, 7) is 0. The van der Waals surface area contributed by atoms with E-state index in [0.717, 1.165) is 31.4 Å². The van der Waals surface area contributed by atoms with Crippen LogP contribution in [-0.4, -0.2) is 17.6 Å². The first-order chi connectivity index (χ1) is 8.78. The average molecular weight is 263 g/mol. The highest BCUT2D eigenvalue weighted by molar-refractivity contribution is 7.99. The van der Waals surface area contributed by atoms with Crippen LogP contribution >= 0.6 is 11.8 Å². The molecule has 2 nitrogen and oxygen atoms in total. The number of para-hydroxylation sites is 1. The molecule has 0 spiro atoms. The lowest BCUT2D eigenvalue weighted by Crippen LogP contribution is -2.43. The Balaban J connectivity index is 1.78. The van der Waals surface area contributed by atoms with Gasteiger partial charge in [0.15, 0.2) is 0 Å². The second kappa shape index (κ2) is 5.14. The van der Waals surface area contributed by atoms with Gasteiger partial charge < -0.3 is 10.5 Å². The van der Waals surface area contributed by atoms with E-state index in [2.05, 4.69) is 24.3 Å². The van der Waals surface area contributed by atoms with E-state index in [9.17, 15) is 0 Å². The fourth-order valence-electron chi connectivity index (χ4n) is 2.78. The van der Waals surface area contributed by atoms with Crippen LogP contribution in [0.3, 0.4) is 0 Å². The maximum atomic E-state index is 6.45. The topological polar surface area (TPSA) is 35.2 Å². The molecule has 98 valence electrons. The number of thioether (sulfide) groups is 1. The maximum absolute atomic E-state index is 6.45. The van der Waals surface area contributed by atoms with E-state index in [1.165, 1.54) is 23.5 Å². The van der Waals surface area contributed by atoms with Gasteiger partial charge in [-0.15, -0.1) is 0 Å². The summed E-state index contributed by atoms with van der Waals surface area (Å²) in [6.07, 6.45) is 6.14. The van der Waals surface area contributed by atoms with Gasteiger partial charge in [-0.1, -0.05) is 18.2 Å². The Kier molecular flexibility index (Phi) is 3.53. The van der Waals surface area contributed by atoms with Crippen molar-refractivity contribution >= 4 is 11.8 Å². The minimum Gasteiger partial charge on any atom is -0.490 e. The SMILES string of the molecule is NC1(c2ccccc2OC2CCSCC2)CCC1. The normalized spacial score (nSPS) is 23.4. The Labute approximate surface area is 113 Å². The number of ether oxygens (including phenoxy) is 1. The molecule has 3 rings (SSSR count). The number of nitrogens with two attached hydrogens (primary N) is 1. The fraction of sp³-hybridized carbons (Fsp3) is 0.600. The van der Waals surface area contributed by atoms with E-state index in [1.807, 2.05) is 11.8 Å². The molecular formula is C15H21NOS. The Bertz CT molecular complexity index is 411. The molecule has 0 amide bonds. The van der Waals surface area contributed by atoms with Crippen molar-refractivity contribution in [2.45, 2.75) is 43.7 Å². The van der Waals surface area contributed by atoms with Crippen molar-refractivity contribution in [3.63, 3.8) is 0 Å². The van der Waals surface area contributed by atoms with E-state index < -0.39 is 0 Å². The van der Waals surface area contributed by atoms with Crippen LogP contribution in [0.4, 0.5) is 0 Å². The van der Waals surface area contributed by atoms with Gasteiger partial charge in [0.1, 0.15) is 11.9 Å². The number of hydrogen-bond acceptors (Lipinski definition) is 3. The molecule has 1 aromatic rings. The molecule has 0 aromatic heterocycles. The molecule has 3 heteroatoms. The van der Waals surface area contributed by atoms with E-state index in [4.69, 9.17) is 10.5 Å². The summed E-state index contributed by atoms with van der Waals surface area (Å²) in [5.74, 6) is 3.47. The average Bonchev–Trinajstić information content (AvgIpc) is 2.38. The summed E-state index contributed by atoms with van der Waals surface area (Å²) in [6, 6.07) is 8.36. The smallest absolute Gasteiger partial charge is 0.124 e. The van der Waals surface area contributed by atoms with Gasteiger partial charge in [0.05, 0.1) is 0 Å². The molecule has 2 fully saturated rings. The molecule has 2 aliphatic rings. The van der Waals surface area contributed by atoms with Crippen LogP contribution in [0.15, 0.2) is 24.3 Å². The lowest BCUT2D eigenvalue weighted by Gasteiger charge is -2.40. The molecule has 2 N–H and O–H groups in total. The van der Waals surface area contributed by atoms with Crippen molar-refractivity contribution in [1.82, 2.24) is 0 Å². The molecule has 18 heavy (non-hydrogen) atoms. The van der Waals surface area contributed by atoms with Crippen molar-refractivity contribution in [2.75, 3.05) is 11.5 Å². The van der Waals surface area contributed by atoms with Crippen molar-refractivity contribution in [1.29, 1.82) is 0 Å². The molecule has 1 aromatic carbocycles. The lowest BCUT2D eigenvalue weighted by molar-refractivity contribution is 0.176. The molecule has 1 aliphatic carbocycles. The molecule has 1 saturated carbocycles. The highest BCUT2D eigenvalue weighted by Gasteiger charge is 2.36. The van der Waals surface area contributed by atoms with Crippen LogP contribution in [0.2, 0.25) is 0 Å². The molecule has 1 aliphatic heterocycles. The first-order valence-corrected chi connectivity index (χ1v) is 8.06. The Morgan fingerprint density at radius 3 is 2.56 bits per heavy atom. The summed E-state index contributed by atoms with van der Waals surface area (Å²) in [4.78, 5) is 0. The summed E-state index contributed by atoms with van der Waals surface area (Å²) >= 11 is 2.03. The molecule has 1 saturated heterocycles. The van der Waals surface area contributed by atoms with Crippen molar-refractivity contribution in [2.24, 2.45) is 5.73 Å². The minimum absolute atomic E-state index is 0.125. The Morgan fingerprint density at radius 2 is 1.89 bits per heavy atom. The zero-order valence-electron chi connectivity index (χ0n) is 10.7. The predicted octanol–water partition coefficient (Wildman–Crippen LogP) is 3.30. The first-order valence-electron chi connectivity index (χ1n) is 6.91. The monoisotopic (exact) mass is 263 g/mol. The third kappa shape index (κ3) is 2.39. The third-order valence-corrected chi connectivity index (χ3v) is 5.18.